The molecule has 1 atom stereocenters. The summed E-state index contributed by atoms with van der Waals surface area (Å²) in [5, 5.41) is 2.35. The average Bonchev–Trinajstić information content (AvgIpc) is 2.73. The third kappa shape index (κ3) is 5.74. The van der Waals surface area contributed by atoms with Gasteiger partial charge in [0.2, 0.25) is 6.10 Å². The number of alkyl halides is 3. The van der Waals surface area contributed by atoms with E-state index in [1.807, 2.05) is 0 Å². The van der Waals surface area contributed by atoms with Crippen molar-refractivity contribution in [2.45, 2.75) is 12.3 Å². The number of pyridine rings is 1. The van der Waals surface area contributed by atoms with Crippen LogP contribution in [-0.4, -0.2) is 16.9 Å². The van der Waals surface area contributed by atoms with Crippen LogP contribution < -0.4 is 5.32 Å². The van der Waals surface area contributed by atoms with Crippen LogP contribution in [0.2, 0.25) is 10.2 Å². The molecule has 31 heavy (non-hydrogen) atoms. The second-order valence-electron chi connectivity index (χ2n) is 6.25. The van der Waals surface area contributed by atoms with Gasteiger partial charge in [0.1, 0.15) is 5.15 Å². The predicted octanol–water partition coefficient (Wildman–Crippen LogP) is 5.94. The molecule has 0 aliphatic rings. The normalized spacial score (nSPS) is 12.2. The Balaban J connectivity index is 1.89. The zero-order valence-corrected chi connectivity index (χ0v) is 17.0. The maximum atomic E-state index is 13.0. The van der Waals surface area contributed by atoms with Gasteiger partial charge in [0.25, 0.3) is 5.91 Å². The van der Waals surface area contributed by atoms with Gasteiger partial charge in [0, 0.05) is 11.8 Å². The van der Waals surface area contributed by atoms with Crippen LogP contribution >= 0.6 is 23.2 Å². The van der Waals surface area contributed by atoms with Crippen LogP contribution in [0.25, 0.3) is 0 Å². The van der Waals surface area contributed by atoms with Crippen LogP contribution in [0.1, 0.15) is 27.6 Å². The molecule has 0 aliphatic heterocycles. The van der Waals surface area contributed by atoms with Crippen molar-refractivity contribution in [3.8, 4) is 0 Å². The lowest BCUT2D eigenvalue weighted by atomic mass is 10.1. The Bertz CT molecular complexity index is 1090. The summed E-state index contributed by atoms with van der Waals surface area (Å²) in [4.78, 5) is 29.1. The summed E-state index contributed by atoms with van der Waals surface area (Å²) in [6.45, 7) is 0. The molecule has 160 valence electrons. The summed E-state index contributed by atoms with van der Waals surface area (Å²) in [5.41, 5.74) is -0.923. The molecule has 1 aromatic heterocycles. The number of anilines is 1. The number of amides is 1. The van der Waals surface area contributed by atoms with Crippen LogP contribution in [0.3, 0.4) is 0 Å². The standard InChI is InChI=1S/C21H13Cl2F3N2O3/c22-15-8-7-14(21(24,25)26)10-16(15)28-19(29)18(12-4-2-1-3-5-12)31-20(30)13-6-9-17(23)27-11-13/h1-11,18H,(H,28,29). The van der Waals surface area contributed by atoms with Crippen LogP contribution in [0.15, 0.2) is 66.9 Å². The van der Waals surface area contributed by atoms with Gasteiger partial charge in [0.15, 0.2) is 0 Å². The Morgan fingerprint density at radius 1 is 1.00 bits per heavy atom. The number of benzene rings is 2. The van der Waals surface area contributed by atoms with E-state index in [4.69, 9.17) is 27.9 Å². The molecule has 0 aliphatic carbocycles. The first-order chi connectivity index (χ1) is 14.6. The van der Waals surface area contributed by atoms with E-state index in [9.17, 15) is 22.8 Å². The highest BCUT2D eigenvalue weighted by Gasteiger charge is 2.32. The summed E-state index contributed by atoms with van der Waals surface area (Å²) < 4.78 is 44.4. The zero-order valence-electron chi connectivity index (χ0n) is 15.5. The fourth-order valence-electron chi connectivity index (χ4n) is 2.57. The van der Waals surface area contributed by atoms with E-state index < -0.39 is 29.7 Å². The maximum Gasteiger partial charge on any atom is 0.416 e. The van der Waals surface area contributed by atoms with Crippen LogP contribution in [0, 0.1) is 0 Å². The molecule has 1 heterocycles. The molecule has 0 fully saturated rings. The molecular formula is C21H13Cl2F3N2O3. The minimum Gasteiger partial charge on any atom is -0.444 e. The van der Waals surface area contributed by atoms with Gasteiger partial charge in [0.05, 0.1) is 21.8 Å². The van der Waals surface area contributed by atoms with E-state index in [2.05, 4.69) is 10.3 Å². The maximum absolute atomic E-state index is 13.0. The van der Waals surface area contributed by atoms with Gasteiger partial charge in [-0.1, -0.05) is 53.5 Å². The topological polar surface area (TPSA) is 68.3 Å². The van der Waals surface area contributed by atoms with Crippen molar-refractivity contribution in [3.05, 3.63) is 93.7 Å². The van der Waals surface area contributed by atoms with Crippen molar-refractivity contribution in [1.82, 2.24) is 4.98 Å². The van der Waals surface area contributed by atoms with E-state index in [0.717, 1.165) is 12.1 Å². The summed E-state index contributed by atoms with van der Waals surface area (Å²) >= 11 is 11.6. The zero-order chi connectivity index (χ0) is 22.6. The quantitative estimate of drug-likeness (QED) is 0.371. The molecule has 0 radical (unpaired) electrons. The number of carbonyl (C=O) groups is 2. The Morgan fingerprint density at radius 3 is 2.32 bits per heavy atom. The Morgan fingerprint density at radius 2 is 1.71 bits per heavy atom. The minimum atomic E-state index is -4.63. The average molecular weight is 469 g/mol. The second-order valence-corrected chi connectivity index (χ2v) is 7.04. The Hall–Kier alpha value is -3.10. The minimum absolute atomic E-state index is 0.0373. The van der Waals surface area contributed by atoms with Crippen molar-refractivity contribution in [2.75, 3.05) is 5.32 Å². The SMILES string of the molecule is O=C(OC(C(=O)Nc1cc(C(F)(F)F)ccc1Cl)c1ccccc1)c1ccc(Cl)nc1. The van der Waals surface area contributed by atoms with Crippen molar-refractivity contribution in [3.63, 3.8) is 0 Å². The van der Waals surface area contributed by atoms with E-state index in [1.54, 1.807) is 18.2 Å². The smallest absolute Gasteiger partial charge is 0.416 e. The lowest BCUT2D eigenvalue weighted by molar-refractivity contribution is -0.137. The van der Waals surface area contributed by atoms with Crippen LogP contribution in [-0.2, 0) is 15.7 Å². The molecular weight excluding hydrogens is 456 g/mol. The van der Waals surface area contributed by atoms with E-state index >= 15 is 0 Å². The molecule has 0 spiro atoms. The highest BCUT2D eigenvalue weighted by Crippen LogP contribution is 2.34. The fourth-order valence-corrected chi connectivity index (χ4v) is 2.84. The van der Waals surface area contributed by atoms with E-state index in [-0.39, 0.29) is 21.4 Å². The van der Waals surface area contributed by atoms with Crippen LogP contribution in [0.4, 0.5) is 18.9 Å². The Kier molecular flexibility index (Phi) is 6.82. The molecule has 3 rings (SSSR count). The van der Waals surface area contributed by atoms with Gasteiger partial charge in [-0.05, 0) is 30.3 Å². The molecule has 1 amide bonds. The third-order valence-electron chi connectivity index (χ3n) is 4.08. The largest absolute Gasteiger partial charge is 0.444 e. The lowest BCUT2D eigenvalue weighted by Gasteiger charge is -2.19. The first kappa shape index (κ1) is 22.6. The molecule has 0 saturated heterocycles. The monoisotopic (exact) mass is 468 g/mol. The highest BCUT2D eigenvalue weighted by molar-refractivity contribution is 6.33. The fraction of sp³-hybridized carbons (Fsp3) is 0.0952. The first-order valence-corrected chi connectivity index (χ1v) is 9.46. The van der Waals surface area contributed by atoms with Gasteiger partial charge >= 0.3 is 12.1 Å². The lowest BCUT2D eigenvalue weighted by Crippen LogP contribution is -2.26. The molecule has 1 N–H and O–H groups in total. The highest BCUT2D eigenvalue weighted by atomic mass is 35.5. The summed E-state index contributed by atoms with van der Waals surface area (Å²) in [6, 6.07) is 13.2. The first-order valence-electron chi connectivity index (χ1n) is 8.70. The summed E-state index contributed by atoms with van der Waals surface area (Å²) in [7, 11) is 0. The number of halogens is 5. The molecule has 2 aromatic carbocycles. The number of ether oxygens (including phenoxy) is 1. The predicted molar refractivity (Wildman–Crippen MR) is 109 cm³/mol. The van der Waals surface area contributed by atoms with Gasteiger partial charge in [-0.25, -0.2) is 9.78 Å². The number of nitrogens with one attached hydrogen (secondary N) is 1. The number of hydrogen-bond acceptors (Lipinski definition) is 4. The van der Waals surface area contributed by atoms with Crippen molar-refractivity contribution in [1.29, 1.82) is 0 Å². The summed E-state index contributed by atoms with van der Waals surface area (Å²) in [6.07, 6.45) is -4.92. The summed E-state index contributed by atoms with van der Waals surface area (Å²) in [5.74, 6) is -1.76. The van der Waals surface area contributed by atoms with Gasteiger partial charge in [-0.15, -0.1) is 0 Å². The second kappa shape index (κ2) is 9.36. The number of hydrogen-bond donors (Lipinski definition) is 1. The molecule has 1 unspecified atom stereocenters. The number of esters is 1. The third-order valence-corrected chi connectivity index (χ3v) is 4.63. The van der Waals surface area contributed by atoms with Crippen molar-refractivity contribution in [2.24, 2.45) is 0 Å². The van der Waals surface area contributed by atoms with Crippen molar-refractivity contribution >= 4 is 40.8 Å². The molecule has 3 aromatic rings. The Labute approximate surface area is 184 Å². The van der Waals surface area contributed by atoms with Gasteiger partial charge in [-0.3, -0.25) is 4.79 Å². The van der Waals surface area contributed by atoms with E-state index in [0.29, 0.717) is 11.6 Å². The number of carbonyl (C=O) groups excluding carboxylic acids is 2. The van der Waals surface area contributed by atoms with E-state index in [1.165, 1.54) is 30.5 Å². The van der Waals surface area contributed by atoms with Crippen LogP contribution in [0.5, 0.6) is 0 Å². The number of aromatic nitrogens is 1. The number of rotatable bonds is 5. The van der Waals surface area contributed by atoms with Gasteiger partial charge < -0.3 is 10.1 Å². The molecule has 0 bridgehead atoms. The van der Waals surface area contributed by atoms with Gasteiger partial charge in [-0.2, -0.15) is 13.2 Å². The molecule has 0 saturated carbocycles. The molecule has 5 nitrogen and oxygen atoms in total. The number of nitrogens with zero attached hydrogens (tertiary/aromatic N) is 1. The van der Waals surface area contributed by atoms with Crippen molar-refractivity contribution < 1.29 is 27.5 Å². The molecule has 10 heteroatoms.